The van der Waals surface area contributed by atoms with Crippen molar-refractivity contribution in [1.82, 2.24) is 28.7 Å². The van der Waals surface area contributed by atoms with Crippen molar-refractivity contribution < 1.29 is 9.47 Å². The Bertz CT molecular complexity index is 1420. The fourth-order valence-electron chi connectivity index (χ4n) is 3.51. The fourth-order valence-corrected chi connectivity index (χ4v) is 3.51. The van der Waals surface area contributed by atoms with E-state index in [0.717, 1.165) is 4.57 Å². The van der Waals surface area contributed by atoms with Crippen molar-refractivity contribution in [3.8, 4) is 35.2 Å². The molecule has 0 fully saturated rings. The molecule has 4 aromatic rings. The first-order chi connectivity index (χ1) is 15.0. The van der Waals surface area contributed by atoms with Crippen LogP contribution in [-0.4, -0.2) is 42.9 Å². The maximum atomic E-state index is 13.1. The third kappa shape index (κ3) is 3.26. The van der Waals surface area contributed by atoms with Crippen molar-refractivity contribution in [2.75, 3.05) is 14.2 Å². The molecule has 0 aliphatic carbocycles. The van der Waals surface area contributed by atoms with E-state index in [2.05, 4.69) is 20.9 Å². The van der Waals surface area contributed by atoms with Gasteiger partial charge in [0.2, 0.25) is 0 Å². The topological polar surface area (TPSA) is 109 Å². The number of nitrogens with one attached hydrogen (secondary N) is 1. The molecule has 0 atom stereocenters. The normalized spacial score (nSPS) is 10.9. The zero-order valence-electron chi connectivity index (χ0n) is 17.2. The number of terminal acetylenes is 1. The number of aromatic nitrogens is 6. The first-order valence-electron chi connectivity index (χ1n) is 9.33. The van der Waals surface area contributed by atoms with Crippen molar-refractivity contribution in [2.24, 2.45) is 7.05 Å². The average molecular weight is 420 g/mol. The van der Waals surface area contributed by atoms with Gasteiger partial charge in [-0.25, -0.2) is 19.3 Å². The van der Waals surface area contributed by atoms with Gasteiger partial charge >= 0.3 is 5.69 Å². The number of aryl methyl sites for hydroxylation is 1. The highest BCUT2D eigenvalue weighted by molar-refractivity contribution is 5.77. The van der Waals surface area contributed by atoms with Crippen molar-refractivity contribution in [3.05, 3.63) is 57.3 Å². The van der Waals surface area contributed by atoms with Gasteiger partial charge in [-0.15, -0.1) is 6.42 Å². The second kappa shape index (κ2) is 7.87. The number of benzene rings is 1. The van der Waals surface area contributed by atoms with Crippen molar-refractivity contribution in [3.63, 3.8) is 0 Å². The minimum atomic E-state index is -0.540. The molecule has 0 amide bonds. The quantitative estimate of drug-likeness (QED) is 0.466. The molecular formula is C21H20N6O4. The van der Waals surface area contributed by atoms with Crippen molar-refractivity contribution >= 4 is 11.2 Å². The number of hydrogen-bond acceptors (Lipinski definition) is 6. The van der Waals surface area contributed by atoms with E-state index >= 15 is 0 Å². The highest BCUT2D eigenvalue weighted by atomic mass is 16.5. The van der Waals surface area contributed by atoms with Gasteiger partial charge in [-0.2, -0.15) is 0 Å². The maximum Gasteiger partial charge on any atom is 0.333 e. The van der Waals surface area contributed by atoms with Crippen LogP contribution >= 0.6 is 0 Å². The van der Waals surface area contributed by atoms with Gasteiger partial charge in [0.25, 0.3) is 5.56 Å². The third-order valence-electron chi connectivity index (χ3n) is 5.02. The zero-order valence-corrected chi connectivity index (χ0v) is 17.2. The monoisotopic (exact) mass is 420 g/mol. The van der Waals surface area contributed by atoms with Gasteiger partial charge in [-0.1, -0.05) is 5.92 Å². The second-order valence-electron chi connectivity index (χ2n) is 6.78. The lowest BCUT2D eigenvalue weighted by atomic mass is 10.2. The molecule has 1 aromatic carbocycles. The zero-order chi connectivity index (χ0) is 22.1. The highest BCUT2D eigenvalue weighted by Crippen LogP contribution is 2.32. The van der Waals surface area contributed by atoms with Gasteiger partial charge in [-0.3, -0.25) is 9.36 Å². The minimum absolute atomic E-state index is 0.145. The molecule has 10 nitrogen and oxygen atoms in total. The van der Waals surface area contributed by atoms with Gasteiger partial charge in [0.05, 0.1) is 39.3 Å². The molecule has 0 radical (unpaired) electrons. The van der Waals surface area contributed by atoms with Crippen LogP contribution < -0.4 is 20.7 Å². The van der Waals surface area contributed by atoms with Gasteiger partial charge in [0, 0.05) is 18.8 Å². The van der Waals surface area contributed by atoms with Crippen LogP contribution in [0.2, 0.25) is 0 Å². The molecule has 3 aromatic heterocycles. The van der Waals surface area contributed by atoms with Crippen molar-refractivity contribution in [2.45, 2.75) is 13.1 Å². The predicted molar refractivity (Wildman–Crippen MR) is 114 cm³/mol. The van der Waals surface area contributed by atoms with E-state index in [4.69, 9.17) is 15.9 Å². The molecule has 0 saturated carbocycles. The summed E-state index contributed by atoms with van der Waals surface area (Å²) in [5.41, 5.74) is 0.860. The summed E-state index contributed by atoms with van der Waals surface area (Å²) in [5, 5.41) is 0. The SMILES string of the molecule is C#CCn1c(=O)c2c(nc(-c3ccc(OC)c(OC)c3)n2C)n(Cc2cnc[nH]2)c1=O. The van der Waals surface area contributed by atoms with E-state index in [9.17, 15) is 9.59 Å². The first kappa shape index (κ1) is 20.0. The molecule has 0 unspecified atom stereocenters. The Morgan fingerprint density at radius 1 is 1.16 bits per heavy atom. The van der Waals surface area contributed by atoms with E-state index in [1.54, 1.807) is 43.1 Å². The first-order valence-corrected chi connectivity index (χ1v) is 9.33. The van der Waals surface area contributed by atoms with Gasteiger partial charge in [-0.05, 0) is 18.2 Å². The number of H-pyrrole nitrogens is 1. The molecule has 0 saturated heterocycles. The fraction of sp³-hybridized carbons (Fsp3) is 0.238. The Labute approximate surface area is 176 Å². The maximum absolute atomic E-state index is 13.1. The van der Waals surface area contributed by atoms with Gasteiger partial charge < -0.3 is 19.0 Å². The van der Waals surface area contributed by atoms with E-state index in [0.29, 0.717) is 28.6 Å². The van der Waals surface area contributed by atoms with E-state index < -0.39 is 11.2 Å². The number of imidazole rings is 2. The molecule has 0 bridgehead atoms. The van der Waals surface area contributed by atoms with Crippen LogP contribution in [0, 0.1) is 12.3 Å². The summed E-state index contributed by atoms with van der Waals surface area (Å²) in [5.74, 6) is 3.95. The molecule has 10 heteroatoms. The summed E-state index contributed by atoms with van der Waals surface area (Å²) in [7, 11) is 4.81. The molecule has 4 rings (SSSR count). The van der Waals surface area contributed by atoms with Crippen molar-refractivity contribution in [1.29, 1.82) is 0 Å². The average Bonchev–Trinajstić information content (AvgIpc) is 3.41. The van der Waals surface area contributed by atoms with Crippen LogP contribution in [0.3, 0.4) is 0 Å². The Hall–Kier alpha value is -4.26. The second-order valence-corrected chi connectivity index (χ2v) is 6.78. The van der Waals surface area contributed by atoms with Crippen LogP contribution in [0.25, 0.3) is 22.6 Å². The lowest BCUT2D eigenvalue weighted by molar-refractivity contribution is 0.355. The Morgan fingerprint density at radius 2 is 1.94 bits per heavy atom. The number of fused-ring (bicyclic) bond motifs is 1. The van der Waals surface area contributed by atoms with Crippen LogP contribution in [0.5, 0.6) is 11.5 Å². The molecule has 1 N–H and O–H groups in total. The van der Waals surface area contributed by atoms with E-state index in [1.165, 1.54) is 18.0 Å². The van der Waals surface area contributed by atoms with Crippen LogP contribution in [0.15, 0.2) is 40.3 Å². The summed E-state index contributed by atoms with van der Waals surface area (Å²) in [4.78, 5) is 37.8. The third-order valence-corrected chi connectivity index (χ3v) is 5.02. The standard InChI is InChI=1S/C21H20N6O4/c1-5-8-26-20(28)17-19(27(21(26)29)11-14-10-22-12-23-14)24-18(25(17)2)13-6-7-15(30-3)16(9-13)31-4/h1,6-7,9-10,12H,8,11H2,2-4H3,(H,22,23). The number of aromatic amines is 1. The predicted octanol–water partition coefficient (Wildman–Crippen LogP) is 0.985. The van der Waals surface area contributed by atoms with Crippen LogP contribution in [0.4, 0.5) is 0 Å². The van der Waals surface area contributed by atoms with Crippen LogP contribution in [0.1, 0.15) is 5.69 Å². The Kier molecular flexibility index (Phi) is 5.09. The summed E-state index contributed by atoms with van der Waals surface area (Å²) < 4.78 is 14.8. The molecule has 158 valence electrons. The number of nitrogens with zero attached hydrogens (tertiary/aromatic N) is 5. The van der Waals surface area contributed by atoms with E-state index in [-0.39, 0.29) is 24.3 Å². The number of ether oxygens (including phenoxy) is 2. The Balaban J connectivity index is 2.02. The van der Waals surface area contributed by atoms with Gasteiger partial charge in [0.15, 0.2) is 22.7 Å². The van der Waals surface area contributed by atoms with Gasteiger partial charge in [0.1, 0.15) is 5.82 Å². The number of hydrogen-bond donors (Lipinski definition) is 1. The number of methoxy groups -OCH3 is 2. The van der Waals surface area contributed by atoms with Crippen LogP contribution in [-0.2, 0) is 20.1 Å². The lowest BCUT2D eigenvalue weighted by Gasteiger charge is -2.10. The summed E-state index contributed by atoms with van der Waals surface area (Å²) in [6.07, 6.45) is 8.52. The minimum Gasteiger partial charge on any atom is -0.493 e. The molecule has 0 aliphatic heterocycles. The Morgan fingerprint density at radius 3 is 2.58 bits per heavy atom. The largest absolute Gasteiger partial charge is 0.493 e. The van der Waals surface area contributed by atoms with E-state index in [1.807, 2.05) is 0 Å². The lowest BCUT2D eigenvalue weighted by Crippen LogP contribution is -2.40. The summed E-state index contributed by atoms with van der Waals surface area (Å²) in [6.45, 7) is 0.00995. The summed E-state index contributed by atoms with van der Waals surface area (Å²) >= 11 is 0. The molecule has 3 heterocycles. The smallest absolute Gasteiger partial charge is 0.333 e. The number of rotatable bonds is 6. The molecule has 0 spiro atoms. The summed E-state index contributed by atoms with van der Waals surface area (Å²) in [6, 6.07) is 5.32. The molecule has 0 aliphatic rings. The molecule has 31 heavy (non-hydrogen) atoms. The highest BCUT2D eigenvalue weighted by Gasteiger charge is 2.21. The molecular weight excluding hydrogens is 400 g/mol.